The van der Waals surface area contributed by atoms with Gasteiger partial charge in [-0.05, 0) is 6.92 Å². The zero-order valence-corrected chi connectivity index (χ0v) is 10.9. The summed E-state index contributed by atoms with van der Waals surface area (Å²) in [7, 11) is -10.8. The summed E-state index contributed by atoms with van der Waals surface area (Å²) in [5.74, 6) is -1.72. The number of rotatable bonds is 8. The molecule has 0 spiro atoms. The Morgan fingerprint density at radius 2 is 1.67 bits per heavy atom. The van der Waals surface area contributed by atoms with Gasteiger partial charge in [0.1, 0.15) is 0 Å². The zero-order chi connectivity index (χ0) is 14.6. The van der Waals surface area contributed by atoms with Gasteiger partial charge in [-0.1, -0.05) is 0 Å². The second-order valence-corrected chi connectivity index (χ2v) is 5.80. The molecule has 108 valence electrons. The highest BCUT2D eigenvalue weighted by Gasteiger charge is 2.27. The van der Waals surface area contributed by atoms with E-state index in [4.69, 9.17) is 0 Å². The van der Waals surface area contributed by atoms with Crippen molar-refractivity contribution in [2.24, 2.45) is 0 Å². The van der Waals surface area contributed by atoms with E-state index in [0.29, 0.717) is 0 Å². The zero-order valence-electron chi connectivity index (χ0n) is 9.10. The maximum Gasteiger partial charge on any atom is 0.0780 e. The number of carbonyl (C=O) groups excluding carboxylic acids is 1. The first-order valence-electron chi connectivity index (χ1n) is 4.42. The van der Waals surface area contributed by atoms with Crippen molar-refractivity contribution < 1.29 is 47.7 Å². The third kappa shape index (κ3) is 9.69. The van der Waals surface area contributed by atoms with Crippen molar-refractivity contribution >= 4 is 21.6 Å². The molecule has 0 aromatic heterocycles. The molecule has 0 aromatic carbocycles. The van der Waals surface area contributed by atoms with E-state index in [1.807, 2.05) is 0 Å². The highest BCUT2D eigenvalue weighted by atomic mass is 31.2. The van der Waals surface area contributed by atoms with E-state index in [1.54, 1.807) is 0 Å². The summed E-state index contributed by atoms with van der Waals surface area (Å²) in [6, 6.07) is 0. The average Bonchev–Trinajstić information content (AvgIpc) is 1.93. The Bertz CT molecular complexity index is 382. The minimum atomic E-state index is -5.50. The van der Waals surface area contributed by atoms with Crippen LogP contribution in [0.15, 0.2) is 0 Å². The number of carbonyl (C=O) groups is 1. The molecule has 0 rings (SSSR count). The first-order valence-corrected chi connectivity index (χ1v) is 7.34. The molecule has 0 saturated carbocycles. The summed E-state index contributed by atoms with van der Waals surface area (Å²) < 4.78 is 28.3. The van der Waals surface area contributed by atoms with E-state index in [-0.39, 0.29) is 0 Å². The van der Waals surface area contributed by atoms with Gasteiger partial charge in [-0.3, -0.25) is 0 Å². The van der Waals surface area contributed by atoms with Gasteiger partial charge < -0.3 is 47.7 Å². The van der Waals surface area contributed by atoms with Crippen LogP contribution < -0.4 is 24.7 Å². The molecule has 0 N–H and O–H groups in total. The smallest absolute Gasteiger partial charge is 0.0780 e. The summed E-state index contributed by atoms with van der Waals surface area (Å²) >= 11 is 0. The van der Waals surface area contributed by atoms with Crippen LogP contribution in [0.25, 0.3) is 0 Å². The van der Waals surface area contributed by atoms with Gasteiger partial charge in [-0.2, -0.15) is 0 Å². The maximum atomic E-state index is 10.4. The van der Waals surface area contributed by atoms with Gasteiger partial charge >= 0.3 is 0 Å². The fraction of sp³-hybridized carbons (Fsp3) is 0.833. The first-order chi connectivity index (χ1) is 7.83. The summed E-state index contributed by atoms with van der Waals surface area (Å²) in [5.41, 5.74) is -2.05. The van der Waals surface area contributed by atoms with Crippen LogP contribution in [0.1, 0.15) is 19.8 Å². The maximum absolute atomic E-state index is 10.4. The average molecular weight is 303 g/mol. The number of aliphatic carboxylic acids is 1. The number of hydrogen-bond acceptors (Lipinski definition) is 10. The number of carboxylic acids is 1. The molecule has 12 heteroatoms. The van der Waals surface area contributed by atoms with E-state index in [0.717, 1.165) is 6.92 Å². The lowest BCUT2D eigenvalue weighted by Crippen LogP contribution is -2.40. The molecule has 10 nitrogen and oxygen atoms in total. The predicted molar refractivity (Wildman–Crippen MR) is 44.9 cm³/mol. The molecule has 18 heavy (non-hydrogen) atoms. The summed E-state index contributed by atoms with van der Waals surface area (Å²) in [5, 5.41) is 10.4. The van der Waals surface area contributed by atoms with Crippen LogP contribution in [0.2, 0.25) is 0 Å². The van der Waals surface area contributed by atoms with E-state index < -0.39 is 46.7 Å². The normalized spacial score (nSPS) is 16.3. The summed E-state index contributed by atoms with van der Waals surface area (Å²) in [6.45, 7) is 0.100. The molecule has 0 radical (unpaired) electrons. The Labute approximate surface area is 102 Å². The Balaban J connectivity index is 4.63. The minimum absolute atomic E-state index is 0.621. The second-order valence-electron chi connectivity index (χ2n) is 3.57. The molecule has 0 amide bonds. The lowest BCUT2D eigenvalue weighted by Gasteiger charge is -2.41. The van der Waals surface area contributed by atoms with Gasteiger partial charge in [-0.25, -0.2) is 0 Å². The van der Waals surface area contributed by atoms with Crippen molar-refractivity contribution in [3.05, 3.63) is 0 Å². The third-order valence-corrected chi connectivity index (χ3v) is 2.89. The van der Waals surface area contributed by atoms with Crippen LogP contribution in [0.4, 0.5) is 0 Å². The van der Waals surface area contributed by atoms with Gasteiger partial charge in [0.05, 0.1) is 27.9 Å². The summed E-state index contributed by atoms with van der Waals surface area (Å²) in [4.78, 5) is 51.4. The van der Waals surface area contributed by atoms with Crippen LogP contribution in [-0.4, -0.2) is 18.2 Å². The van der Waals surface area contributed by atoms with Crippen molar-refractivity contribution in [2.45, 2.75) is 25.4 Å². The van der Waals surface area contributed by atoms with Crippen molar-refractivity contribution in [3.8, 4) is 0 Å². The SMILES string of the molecule is C[C@@](CCOP(=O)([O-])[O-])(CC(=O)[O-])OP(=O)([O-])[O-]. The monoisotopic (exact) mass is 303 g/mol. The molecule has 0 saturated heterocycles. The highest BCUT2D eigenvalue weighted by molar-refractivity contribution is 7.43. The molecule has 0 heterocycles. The lowest BCUT2D eigenvalue weighted by atomic mass is 9.99. The quantitative estimate of drug-likeness (QED) is 0.399. The molecule has 0 bridgehead atoms. The molecule has 0 aliphatic carbocycles. The Morgan fingerprint density at radius 1 is 1.17 bits per heavy atom. The van der Waals surface area contributed by atoms with E-state index in [2.05, 4.69) is 9.05 Å². The molecule has 0 aliphatic rings. The Morgan fingerprint density at radius 3 is 2.00 bits per heavy atom. The van der Waals surface area contributed by atoms with Crippen LogP contribution in [0, 0.1) is 0 Å². The molecular weight excluding hydrogens is 294 g/mol. The topological polar surface area (TPSA) is 185 Å². The van der Waals surface area contributed by atoms with Crippen LogP contribution in [0.3, 0.4) is 0 Å². The minimum Gasteiger partial charge on any atom is -0.790 e. The number of hydrogen-bond donors (Lipinski definition) is 0. The van der Waals surface area contributed by atoms with Gasteiger partial charge in [0.2, 0.25) is 0 Å². The number of phosphoric ester groups is 2. The molecular formula is C6H9O10P2-5. The lowest BCUT2D eigenvalue weighted by molar-refractivity contribution is -0.351. The Kier molecular flexibility index (Phi) is 6.12. The summed E-state index contributed by atoms with van der Waals surface area (Å²) in [6.07, 6.45) is -1.61. The highest BCUT2D eigenvalue weighted by Crippen LogP contribution is 2.37. The van der Waals surface area contributed by atoms with Crippen molar-refractivity contribution in [1.29, 1.82) is 0 Å². The number of phosphoric acid groups is 2. The van der Waals surface area contributed by atoms with E-state index >= 15 is 0 Å². The fourth-order valence-electron chi connectivity index (χ4n) is 1.11. The predicted octanol–water partition coefficient (Wildman–Crippen LogP) is -4.03. The fourth-order valence-corrected chi connectivity index (χ4v) is 2.13. The van der Waals surface area contributed by atoms with Crippen molar-refractivity contribution in [1.82, 2.24) is 0 Å². The Hall–Kier alpha value is -0.310. The van der Waals surface area contributed by atoms with E-state index in [9.17, 15) is 38.6 Å². The van der Waals surface area contributed by atoms with Crippen LogP contribution in [0.5, 0.6) is 0 Å². The van der Waals surface area contributed by atoms with Gasteiger partial charge in [0, 0.05) is 18.8 Å². The van der Waals surface area contributed by atoms with Gasteiger partial charge in [-0.15, -0.1) is 0 Å². The van der Waals surface area contributed by atoms with E-state index in [1.165, 1.54) is 0 Å². The number of carboxylic acid groups (broad SMARTS) is 1. The second kappa shape index (κ2) is 6.23. The van der Waals surface area contributed by atoms with Crippen LogP contribution in [-0.2, 0) is 23.0 Å². The molecule has 0 aliphatic heterocycles. The van der Waals surface area contributed by atoms with Gasteiger partial charge in [0.25, 0.3) is 0 Å². The van der Waals surface area contributed by atoms with Gasteiger partial charge in [0.15, 0.2) is 0 Å². The first kappa shape index (κ1) is 17.7. The van der Waals surface area contributed by atoms with Crippen LogP contribution >= 0.6 is 15.6 Å². The van der Waals surface area contributed by atoms with Crippen molar-refractivity contribution in [2.75, 3.05) is 6.61 Å². The van der Waals surface area contributed by atoms with Crippen molar-refractivity contribution in [3.63, 3.8) is 0 Å². The molecule has 0 unspecified atom stereocenters. The standard InChI is InChI=1S/C6H14O10P2/c1-6(4-5(7)8,16-18(12,13)14)2-3-15-17(9,10)11/h2-4H2,1H3,(H,7,8)(H2,9,10,11)(H2,12,13,14)/p-5/t6-/m1/s1. The molecule has 0 aromatic rings. The molecule has 1 atom stereocenters. The molecule has 0 fully saturated rings. The third-order valence-electron chi connectivity index (χ3n) is 1.73. The largest absolute Gasteiger partial charge is 0.790 e.